The SMILES string of the molecule is CCC1CCC(C(=O)C2CC23CCNCC3)CC1. The van der Waals surface area contributed by atoms with Crippen LogP contribution >= 0.6 is 0 Å². The average molecular weight is 249 g/mol. The van der Waals surface area contributed by atoms with Gasteiger partial charge in [-0.1, -0.05) is 13.3 Å². The fourth-order valence-electron chi connectivity index (χ4n) is 4.37. The third-order valence-electron chi connectivity index (χ3n) is 5.96. The number of piperidine rings is 1. The molecule has 2 aliphatic carbocycles. The molecule has 3 aliphatic rings. The van der Waals surface area contributed by atoms with Crippen molar-refractivity contribution in [2.24, 2.45) is 23.2 Å². The maximum atomic E-state index is 12.6. The Bertz CT molecular complexity index is 311. The van der Waals surface area contributed by atoms with Gasteiger partial charge in [-0.3, -0.25) is 4.79 Å². The summed E-state index contributed by atoms with van der Waals surface area (Å²) in [6, 6.07) is 0. The summed E-state index contributed by atoms with van der Waals surface area (Å²) in [7, 11) is 0. The van der Waals surface area contributed by atoms with Gasteiger partial charge in [0.2, 0.25) is 0 Å². The maximum Gasteiger partial charge on any atom is 0.139 e. The molecule has 2 saturated carbocycles. The molecule has 0 aromatic rings. The predicted octanol–water partition coefficient (Wildman–Crippen LogP) is 3.16. The van der Waals surface area contributed by atoms with E-state index in [1.165, 1.54) is 51.4 Å². The van der Waals surface area contributed by atoms with Crippen molar-refractivity contribution < 1.29 is 4.79 Å². The Kier molecular flexibility index (Phi) is 3.48. The quantitative estimate of drug-likeness (QED) is 0.832. The van der Waals surface area contributed by atoms with Gasteiger partial charge >= 0.3 is 0 Å². The molecular weight excluding hydrogens is 222 g/mol. The zero-order chi connectivity index (χ0) is 12.6. The first-order valence-corrected chi connectivity index (χ1v) is 7.99. The Hall–Kier alpha value is -0.370. The average Bonchev–Trinajstić information content (AvgIpc) is 3.12. The molecule has 18 heavy (non-hydrogen) atoms. The van der Waals surface area contributed by atoms with Crippen molar-refractivity contribution in [3.05, 3.63) is 0 Å². The van der Waals surface area contributed by atoms with E-state index in [4.69, 9.17) is 0 Å². The van der Waals surface area contributed by atoms with E-state index >= 15 is 0 Å². The molecule has 2 heteroatoms. The Labute approximate surface area is 111 Å². The highest BCUT2D eigenvalue weighted by atomic mass is 16.1. The smallest absolute Gasteiger partial charge is 0.139 e. The highest BCUT2D eigenvalue weighted by Gasteiger charge is 2.58. The molecule has 1 aliphatic heterocycles. The number of rotatable bonds is 3. The number of carbonyl (C=O) groups excluding carboxylic acids is 1. The molecule has 1 N–H and O–H groups in total. The van der Waals surface area contributed by atoms with Crippen molar-refractivity contribution in [2.75, 3.05) is 13.1 Å². The molecule has 1 unspecified atom stereocenters. The first-order chi connectivity index (χ1) is 8.75. The van der Waals surface area contributed by atoms with Gasteiger partial charge in [0, 0.05) is 11.8 Å². The molecule has 0 amide bonds. The van der Waals surface area contributed by atoms with E-state index in [2.05, 4.69) is 12.2 Å². The van der Waals surface area contributed by atoms with Crippen LogP contribution in [0.25, 0.3) is 0 Å². The lowest BCUT2D eigenvalue weighted by Gasteiger charge is -2.28. The third-order valence-corrected chi connectivity index (χ3v) is 5.96. The molecule has 2 nitrogen and oxygen atoms in total. The second kappa shape index (κ2) is 4.96. The Morgan fingerprint density at radius 2 is 1.83 bits per heavy atom. The van der Waals surface area contributed by atoms with Crippen molar-refractivity contribution in [3.63, 3.8) is 0 Å². The summed E-state index contributed by atoms with van der Waals surface area (Å²) in [5, 5.41) is 3.42. The monoisotopic (exact) mass is 249 g/mol. The molecule has 0 aromatic carbocycles. The van der Waals surface area contributed by atoms with Crippen molar-refractivity contribution in [1.29, 1.82) is 0 Å². The van der Waals surface area contributed by atoms with E-state index in [1.807, 2.05) is 0 Å². The second-order valence-corrected chi connectivity index (χ2v) is 6.90. The summed E-state index contributed by atoms with van der Waals surface area (Å²) in [5.74, 6) is 2.42. The lowest BCUT2D eigenvalue weighted by Crippen LogP contribution is -2.32. The summed E-state index contributed by atoms with van der Waals surface area (Å²) < 4.78 is 0. The maximum absolute atomic E-state index is 12.6. The van der Waals surface area contributed by atoms with Crippen LogP contribution in [-0.4, -0.2) is 18.9 Å². The van der Waals surface area contributed by atoms with Crippen LogP contribution in [-0.2, 0) is 4.79 Å². The summed E-state index contributed by atoms with van der Waals surface area (Å²) in [6.45, 7) is 4.55. The van der Waals surface area contributed by atoms with E-state index in [0.29, 0.717) is 23.0 Å². The fraction of sp³-hybridized carbons (Fsp3) is 0.938. The number of hydrogen-bond donors (Lipinski definition) is 1. The fourth-order valence-corrected chi connectivity index (χ4v) is 4.37. The highest BCUT2D eigenvalue weighted by Crippen LogP contribution is 2.60. The van der Waals surface area contributed by atoms with Gasteiger partial charge in [-0.2, -0.15) is 0 Å². The number of hydrogen-bond acceptors (Lipinski definition) is 2. The van der Waals surface area contributed by atoms with E-state index in [0.717, 1.165) is 19.0 Å². The van der Waals surface area contributed by atoms with Gasteiger partial charge < -0.3 is 5.32 Å². The van der Waals surface area contributed by atoms with Crippen LogP contribution in [0.15, 0.2) is 0 Å². The van der Waals surface area contributed by atoms with Crippen LogP contribution in [0.4, 0.5) is 0 Å². The highest BCUT2D eigenvalue weighted by molar-refractivity contribution is 5.87. The molecule has 0 radical (unpaired) electrons. The Morgan fingerprint density at radius 3 is 2.44 bits per heavy atom. The topological polar surface area (TPSA) is 29.1 Å². The summed E-state index contributed by atoms with van der Waals surface area (Å²) in [5.41, 5.74) is 0.448. The summed E-state index contributed by atoms with van der Waals surface area (Å²) >= 11 is 0. The molecule has 1 spiro atoms. The molecule has 1 heterocycles. The zero-order valence-corrected chi connectivity index (χ0v) is 11.7. The van der Waals surface area contributed by atoms with Crippen molar-refractivity contribution in [1.82, 2.24) is 5.32 Å². The van der Waals surface area contributed by atoms with Crippen LogP contribution in [0.3, 0.4) is 0 Å². The molecule has 0 bridgehead atoms. The van der Waals surface area contributed by atoms with E-state index in [1.54, 1.807) is 0 Å². The molecule has 1 atom stereocenters. The lowest BCUT2D eigenvalue weighted by molar-refractivity contribution is -0.126. The first-order valence-electron chi connectivity index (χ1n) is 7.99. The van der Waals surface area contributed by atoms with Gasteiger partial charge in [-0.25, -0.2) is 0 Å². The van der Waals surface area contributed by atoms with Gasteiger partial charge in [0.1, 0.15) is 5.78 Å². The van der Waals surface area contributed by atoms with Gasteiger partial charge in [0.25, 0.3) is 0 Å². The van der Waals surface area contributed by atoms with Gasteiger partial charge in [-0.05, 0) is 69.4 Å². The van der Waals surface area contributed by atoms with E-state index in [-0.39, 0.29) is 0 Å². The molecular formula is C16H27NO. The molecule has 3 rings (SSSR count). The summed E-state index contributed by atoms with van der Waals surface area (Å²) in [6.07, 6.45) is 9.97. The minimum absolute atomic E-state index is 0.423. The minimum atomic E-state index is 0.423. The van der Waals surface area contributed by atoms with Crippen LogP contribution in [0.2, 0.25) is 0 Å². The zero-order valence-electron chi connectivity index (χ0n) is 11.7. The van der Waals surface area contributed by atoms with E-state index in [9.17, 15) is 4.79 Å². The van der Waals surface area contributed by atoms with Crippen LogP contribution in [0.1, 0.15) is 58.3 Å². The Morgan fingerprint density at radius 1 is 1.17 bits per heavy atom. The van der Waals surface area contributed by atoms with Crippen LogP contribution in [0.5, 0.6) is 0 Å². The van der Waals surface area contributed by atoms with Crippen molar-refractivity contribution in [3.8, 4) is 0 Å². The van der Waals surface area contributed by atoms with Gasteiger partial charge in [-0.15, -0.1) is 0 Å². The Balaban J connectivity index is 1.54. The first kappa shape index (κ1) is 12.7. The van der Waals surface area contributed by atoms with Crippen molar-refractivity contribution >= 4 is 5.78 Å². The molecule has 0 aromatic heterocycles. The van der Waals surface area contributed by atoms with Gasteiger partial charge in [0.05, 0.1) is 0 Å². The second-order valence-electron chi connectivity index (χ2n) is 6.90. The van der Waals surface area contributed by atoms with E-state index < -0.39 is 0 Å². The number of ketones is 1. The summed E-state index contributed by atoms with van der Waals surface area (Å²) in [4.78, 5) is 12.6. The number of Topliss-reactive ketones (excluding diaryl/α,β-unsaturated/α-hetero) is 1. The van der Waals surface area contributed by atoms with Crippen molar-refractivity contribution in [2.45, 2.75) is 58.3 Å². The molecule has 102 valence electrons. The number of nitrogens with one attached hydrogen (secondary N) is 1. The third kappa shape index (κ3) is 2.24. The normalized spacial score (nSPS) is 38.6. The largest absolute Gasteiger partial charge is 0.317 e. The van der Waals surface area contributed by atoms with Gasteiger partial charge in [0.15, 0.2) is 0 Å². The van der Waals surface area contributed by atoms with Crippen LogP contribution in [0, 0.1) is 23.2 Å². The molecule has 3 fully saturated rings. The number of carbonyl (C=O) groups is 1. The lowest BCUT2D eigenvalue weighted by atomic mass is 9.77. The standard InChI is InChI=1S/C16H27NO/c1-2-12-3-5-13(6-4-12)15(18)14-11-16(14)7-9-17-10-8-16/h12-14,17H,2-11H2,1H3. The minimum Gasteiger partial charge on any atom is -0.317 e. The van der Waals surface area contributed by atoms with Crippen LogP contribution < -0.4 is 5.32 Å². The predicted molar refractivity (Wildman–Crippen MR) is 73.4 cm³/mol. The molecule has 1 saturated heterocycles.